The van der Waals surface area contributed by atoms with Gasteiger partial charge in [0.15, 0.2) is 0 Å². The number of halogens is 4. The van der Waals surface area contributed by atoms with E-state index < -0.39 is 24.7 Å². The van der Waals surface area contributed by atoms with Crippen LogP contribution in [-0.4, -0.2) is 31.5 Å². The van der Waals surface area contributed by atoms with E-state index in [1.54, 1.807) is 24.3 Å². The van der Waals surface area contributed by atoms with E-state index >= 15 is 0 Å². The molecular formula is C16H20F4O3. The summed E-state index contributed by atoms with van der Waals surface area (Å²) in [6, 6.07) is 6.42. The van der Waals surface area contributed by atoms with Crippen LogP contribution >= 0.6 is 0 Å². The van der Waals surface area contributed by atoms with Gasteiger partial charge in [0.05, 0.1) is 25.2 Å². The number of alkyl halides is 4. The topological polar surface area (TPSA) is 35.5 Å². The van der Waals surface area contributed by atoms with E-state index in [9.17, 15) is 22.4 Å². The number of rotatable bonds is 9. The number of carbonyl (C=O) groups is 1. The summed E-state index contributed by atoms with van der Waals surface area (Å²) in [7, 11) is 0. The molecule has 1 unspecified atom stereocenters. The minimum absolute atomic E-state index is 0.0464. The van der Waals surface area contributed by atoms with E-state index in [4.69, 9.17) is 9.47 Å². The summed E-state index contributed by atoms with van der Waals surface area (Å²) in [5, 5.41) is 0. The number of benzene rings is 1. The first kappa shape index (κ1) is 19.3. The van der Waals surface area contributed by atoms with Gasteiger partial charge in [0.2, 0.25) is 0 Å². The van der Waals surface area contributed by atoms with Crippen molar-refractivity contribution in [1.82, 2.24) is 0 Å². The maximum Gasteiger partial charge on any atom is 0.391 e. The van der Waals surface area contributed by atoms with Crippen molar-refractivity contribution in [3.05, 3.63) is 29.8 Å². The van der Waals surface area contributed by atoms with Crippen molar-refractivity contribution in [3.63, 3.8) is 0 Å². The number of hydrogen-bond donors (Lipinski definition) is 0. The fourth-order valence-corrected chi connectivity index (χ4v) is 1.92. The van der Waals surface area contributed by atoms with E-state index in [0.717, 1.165) is 0 Å². The molecular weight excluding hydrogens is 316 g/mol. The molecule has 0 radical (unpaired) electrons. The lowest BCUT2D eigenvalue weighted by atomic mass is 10.1. The van der Waals surface area contributed by atoms with Crippen LogP contribution in [0.3, 0.4) is 0 Å². The van der Waals surface area contributed by atoms with Crippen LogP contribution in [0.1, 0.15) is 43.0 Å². The Hall–Kier alpha value is -1.79. The summed E-state index contributed by atoms with van der Waals surface area (Å²) in [5.74, 6) is 0.114. The molecule has 0 saturated heterocycles. The summed E-state index contributed by atoms with van der Waals surface area (Å²) < 4.78 is 59.0. The van der Waals surface area contributed by atoms with Gasteiger partial charge in [-0.15, -0.1) is 0 Å². The van der Waals surface area contributed by atoms with Crippen molar-refractivity contribution in [2.75, 3.05) is 13.2 Å². The smallest absolute Gasteiger partial charge is 0.391 e. The Bertz CT molecular complexity index is 471. The van der Waals surface area contributed by atoms with Crippen molar-refractivity contribution in [2.24, 2.45) is 0 Å². The van der Waals surface area contributed by atoms with Crippen molar-refractivity contribution >= 4 is 5.97 Å². The highest BCUT2D eigenvalue weighted by Crippen LogP contribution is 2.25. The van der Waals surface area contributed by atoms with Crippen LogP contribution in [0.4, 0.5) is 17.6 Å². The zero-order valence-corrected chi connectivity index (χ0v) is 12.9. The van der Waals surface area contributed by atoms with Crippen molar-refractivity contribution < 1.29 is 31.8 Å². The fourth-order valence-electron chi connectivity index (χ4n) is 1.92. The second kappa shape index (κ2) is 9.37. The van der Waals surface area contributed by atoms with Crippen LogP contribution < -0.4 is 4.74 Å². The zero-order valence-electron chi connectivity index (χ0n) is 12.9. The van der Waals surface area contributed by atoms with Crippen LogP contribution in [0.25, 0.3) is 0 Å². The van der Waals surface area contributed by atoms with E-state index in [1.165, 1.54) is 0 Å². The highest BCUT2D eigenvalue weighted by molar-refractivity contribution is 5.89. The maximum absolute atomic E-state index is 13.0. The van der Waals surface area contributed by atoms with Gasteiger partial charge in [-0.1, -0.05) is 0 Å². The quantitative estimate of drug-likeness (QED) is 0.372. The second-order valence-electron chi connectivity index (χ2n) is 5.01. The summed E-state index contributed by atoms with van der Waals surface area (Å²) in [6.45, 7) is 2.41. The molecule has 0 bridgehead atoms. The van der Waals surface area contributed by atoms with Gasteiger partial charge < -0.3 is 9.47 Å². The monoisotopic (exact) mass is 336 g/mol. The number of ether oxygens (including phenoxy) is 2. The number of esters is 1. The fraction of sp³-hybridized carbons (Fsp3) is 0.562. The van der Waals surface area contributed by atoms with E-state index in [2.05, 4.69) is 0 Å². The van der Waals surface area contributed by atoms with Gasteiger partial charge in [-0.05, 0) is 50.5 Å². The van der Waals surface area contributed by atoms with Gasteiger partial charge >= 0.3 is 12.1 Å². The molecule has 0 aromatic heterocycles. The predicted octanol–water partition coefficient (Wildman–Crippen LogP) is 4.70. The molecule has 0 fully saturated rings. The zero-order chi connectivity index (χ0) is 17.3. The molecule has 23 heavy (non-hydrogen) atoms. The van der Waals surface area contributed by atoms with Crippen molar-refractivity contribution in [3.8, 4) is 5.75 Å². The highest BCUT2D eigenvalue weighted by Gasteiger charge is 2.31. The van der Waals surface area contributed by atoms with E-state index in [1.807, 2.05) is 6.92 Å². The van der Waals surface area contributed by atoms with Gasteiger partial charge in [0.25, 0.3) is 0 Å². The number of carbonyl (C=O) groups excluding carboxylic acids is 1. The minimum Gasteiger partial charge on any atom is -0.494 e. The first-order chi connectivity index (χ1) is 10.8. The third kappa shape index (κ3) is 8.42. The van der Waals surface area contributed by atoms with Crippen LogP contribution in [0.2, 0.25) is 0 Å². The lowest BCUT2D eigenvalue weighted by Gasteiger charge is -2.11. The van der Waals surface area contributed by atoms with Gasteiger partial charge in [0.1, 0.15) is 11.9 Å². The molecule has 0 aliphatic rings. The molecule has 1 rings (SSSR count). The van der Waals surface area contributed by atoms with Crippen LogP contribution in [0.5, 0.6) is 5.75 Å². The maximum atomic E-state index is 13.0. The first-order valence-electron chi connectivity index (χ1n) is 7.42. The Kier molecular flexibility index (Phi) is 7.85. The lowest BCUT2D eigenvalue weighted by molar-refractivity contribution is -0.146. The Balaban J connectivity index is 2.21. The molecule has 1 aromatic carbocycles. The third-order valence-electron chi connectivity index (χ3n) is 3.00. The number of hydrogen-bond acceptors (Lipinski definition) is 3. The molecule has 0 spiro atoms. The molecule has 0 N–H and O–H groups in total. The largest absolute Gasteiger partial charge is 0.494 e. The summed E-state index contributed by atoms with van der Waals surface area (Å²) >= 11 is 0. The third-order valence-corrected chi connectivity index (χ3v) is 3.00. The molecule has 0 aliphatic carbocycles. The Labute approximate surface area is 132 Å². The summed E-state index contributed by atoms with van der Waals surface area (Å²) in [5.41, 5.74) is 0.355. The highest BCUT2D eigenvalue weighted by atomic mass is 19.4. The minimum atomic E-state index is -4.49. The molecule has 0 heterocycles. The van der Waals surface area contributed by atoms with Gasteiger partial charge in [-0.25, -0.2) is 9.18 Å². The molecule has 0 saturated carbocycles. The second-order valence-corrected chi connectivity index (χ2v) is 5.01. The molecule has 3 nitrogen and oxygen atoms in total. The molecule has 7 heteroatoms. The first-order valence-corrected chi connectivity index (χ1v) is 7.42. The van der Waals surface area contributed by atoms with Gasteiger partial charge in [0, 0.05) is 0 Å². The predicted molar refractivity (Wildman–Crippen MR) is 77.3 cm³/mol. The van der Waals surface area contributed by atoms with Crippen molar-refractivity contribution in [1.29, 1.82) is 0 Å². The van der Waals surface area contributed by atoms with Crippen LogP contribution in [-0.2, 0) is 4.74 Å². The number of unbranched alkanes of at least 4 members (excludes halogenated alkanes) is 1. The van der Waals surface area contributed by atoms with Gasteiger partial charge in [-0.3, -0.25) is 0 Å². The Morgan fingerprint density at radius 3 is 2.39 bits per heavy atom. The summed E-state index contributed by atoms with van der Waals surface area (Å²) in [4.78, 5) is 11.7. The summed E-state index contributed by atoms with van der Waals surface area (Å²) in [6.07, 6.45) is -7.47. The molecule has 130 valence electrons. The van der Waals surface area contributed by atoms with Crippen LogP contribution in [0, 0.1) is 0 Å². The van der Waals surface area contributed by atoms with Crippen molar-refractivity contribution in [2.45, 2.75) is 45.0 Å². The SMILES string of the molecule is CCOc1ccc(C(=O)OCCCCC(F)CC(F)(F)F)cc1. The van der Waals surface area contributed by atoms with E-state index in [0.29, 0.717) is 24.3 Å². The lowest BCUT2D eigenvalue weighted by Crippen LogP contribution is -2.16. The Morgan fingerprint density at radius 1 is 1.17 bits per heavy atom. The van der Waals surface area contributed by atoms with E-state index in [-0.39, 0.29) is 19.4 Å². The molecule has 0 amide bonds. The Morgan fingerprint density at radius 2 is 1.83 bits per heavy atom. The molecule has 1 atom stereocenters. The van der Waals surface area contributed by atoms with Crippen LogP contribution in [0.15, 0.2) is 24.3 Å². The average Bonchev–Trinajstić information content (AvgIpc) is 2.46. The normalized spacial score (nSPS) is 12.7. The van der Waals surface area contributed by atoms with Gasteiger partial charge in [-0.2, -0.15) is 13.2 Å². The molecule has 1 aromatic rings. The standard InChI is InChI=1S/C16H20F4O3/c1-2-22-14-8-6-12(7-9-14)15(21)23-10-4-3-5-13(17)11-16(18,19)20/h6-9,13H,2-5,10-11H2,1H3. The molecule has 0 aliphatic heterocycles. The average molecular weight is 336 g/mol.